The summed E-state index contributed by atoms with van der Waals surface area (Å²) in [5, 5.41) is 2.91. The number of nitrogens with one attached hydrogen (secondary N) is 1. The summed E-state index contributed by atoms with van der Waals surface area (Å²) in [7, 11) is 0. The predicted octanol–water partition coefficient (Wildman–Crippen LogP) is 3.48. The zero-order valence-electron chi connectivity index (χ0n) is 15.5. The van der Waals surface area contributed by atoms with Gasteiger partial charge in [0.25, 0.3) is 0 Å². The number of rotatable bonds is 2. The van der Waals surface area contributed by atoms with Crippen molar-refractivity contribution in [2.45, 2.75) is 19.4 Å². The van der Waals surface area contributed by atoms with Crippen LogP contribution in [0.15, 0.2) is 54.9 Å². The Kier molecular flexibility index (Phi) is 3.93. The van der Waals surface area contributed by atoms with E-state index in [1.807, 2.05) is 43.5 Å². The summed E-state index contributed by atoms with van der Waals surface area (Å²) >= 11 is 0. The number of fused-ring (bicyclic) bond motifs is 4. The fourth-order valence-corrected chi connectivity index (χ4v) is 3.86. The first-order valence-electron chi connectivity index (χ1n) is 9.39. The van der Waals surface area contributed by atoms with Gasteiger partial charge in [-0.15, -0.1) is 0 Å². The lowest BCUT2D eigenvalue weighted by Crippen LogP contribution is -2.48. The molecule has 2 amide bonds. The second-order valence-corrected chi connectivity index (χ2v) is 7.13. The Bertz CT molecular complexity index is 1020. The molecule has 140 valence electrons. The zero-order chi connectivity index (χ0) is 19.1. The van der Waals surface area contributed by atoms with E-state index in [2.05, 4.69) is 26.3 Å². The summed E-state index contributed by atoms with van der Waals surface area (Å²) in [6.45, 7) is 3.71. The van der Waals surface area contributed by atoms with Gasteiger partial charge in [0, 0.05) is 36.7 Å². The van der Waals surface area contributed by atoms with E-state index in [0.717, 1.165) is 42.1 Å². The first kappa shape index (κ1) is 16.7. The molecular formula is C21H20N6O. The molecule has 1 atom stereocenters. The number of pyridine rings is 3. The third kappa shape index (κ3) is 2.85. The maximum atomic E-state index is 13.1. The third-order valence-corrected chi connectivity index (χ3v) is 5.28. The van der Waals surface area contributed by atoms with Crippen LogP contribution in [-0.2, 0) is 0 Å². The standard InChI is InChI=1S/C21H20N6O/c1-14-5-6-15(12-23-14)17-7-8-18-20(24-17)27(16-9-11-26(18)13-16)21(28)25-19-4-2-3-10-22-19/h2-8,10,12,16H,9,11,13H2,1H3,(H,22,25,28)/t16-/m0/s1. The fourth-order valence-electron chi connectivity index (χ4n) is 3.86. The van der Waals surface area contributed by atoms with Gasteiger partial charge in [-0.05, 0) is 49.7 Å². The zero-order valence-corrected chi connectivity index (χ0v) is 15.5. The van der Waals surface area contributed by atoms with Crippen LogP contribution in [0.1, 0.15) is 12.1 Å². The molecule has 2 bridgehead atoms. The van der Waals surface area contributed by atoms with Crippen LogP contribution in [0.2, 0.25) is 0 Å². The lowest BCUT2D eigenvalue weighted by Gasteiger charge is -2.35. The summed E-state index contributed by atoms with van der Waals surface area (Å²) in [6, 6.07) is 13.4. The summed E-state index contributed by atoms with van der Waals surface area (Å²) < 4.78 is 0. The minimum absolute atomic E-state index is 0.107. The van der Waals surface area contributed by atoms with Crippen LogP contribution < -0.4 is 15.1 Å². The molecule has 1 saturated heterocycles. The van der Waals surface area contributed by atoms with Crippen molar-refractivity contribution in [3.63, 3.8) is 0 Å². The molecule has 0 saturated carbocycles. The van der Waals surface area contributed by atoms with Crippen LogP contribution in [-0.4, -0.2) is 40.1 Å². The molecule has 2 aliphatic heterocycles. The molecule has 0 radical (unpaired) electrons. The fraction of sp³-hybridized carbons (Fsp3) is 0.238. The van der Waals surface area contributed by atoms with Gasteiger partial charge in [0.1, 0.15) is 5.82 Å². The second kappa shape index (κ2) is 6.60. The van der Waals surface area contributed by atoms with E-state index in [1.165, 1.54) is 0 Å². The molecule has 7 nitrogen and oxygen atoms in total. The van der Waals surface area contributed by atoms with Crippen molar-refractivity contribution in [2.75, 3.05) is 28.2 Å². The lowest BCUT2D eigenvalue weighted by molar-refractivity contribution is 0.254. The van der Waals surface area contributed by atoms with E-state index in [9.17, 15) is 4.79 Å². The molecule has 3 aromatic rings. The van der Waals surface area contributed by atoms with Gasteiger partial charge in [0.2, 0.25) is 0 Å². The first-order chi connectivity index (χ1) is 13.7. The summed E-state index contributed by atoms with van der Waals surface area (Å²) in [5.74, 6) is 1.23. The molecule has 0 aliphatic carbocycles. The number of aryl methyl sites for hydroxylation is 1. The number of hydrogen-bond acceptors (Lipinski definition) is 5. The number of urea groups is 1. The van der Waals surface area contributed by atoms with Crippen LogP contribution in [0, 0.1) is 6.92 Å². The smallest absolute Gasteiger partial charge is 0.329 e. The average molecular weight is 372 g/mol. The highest BCUT2D eigenvalue weighted by atomic mass is 16.2. The molecule has 0 unspecified atom stereocenters. The average Bonchev–Trinajstić information content (AvgIpc) is 3.13. The van der Waals surface area contributed by atoms with Gasteiger partial charge in [-0.2, -0.15) is 0 Å². The Balaban J connectivity index is 1.53. The van der Waals surface area contributed by atoms with Gasteiger partial charge in [-0.1, -0.05) is 6.07 Å². The highest BCUT2D eigenvalue weighted by Crippen LogP contribution is 2.40. The van der Waals surface area contributed by atoms with Crippen molar-refractivity contribution in [1.82, 2.24) is 15.0 Å². The largest absolute Gasteiger partial charge is 0.366 e. The molecule has 0 spiro atoms. The number of anilines is 3. The Labute approximate surface area is 163 Å². The number of amides is 2. The minimum Gasteiger partial charge on any atom is -0.366 e. The van der Waals surface area contributed by atoms with E-state index in [0.29, 0.717) is 11.6 Å². The molecule has 28 heavy (non-hydrogen) atoms. The Morgan fingerprint density at radius 1 is 1.14 bits per heavy atom. The summed E-state index contributed by atoms with van der Waals surface area (Å²) in [4.78, 5) is 30.6. The predicted molar refractivity (Wildman–Crippen MR) is 109 cm³/mol. The van der Waals surface area contributed by atoms with Gasteiger partial charge >= 0.3 is 6.03 Å². The molecule has 7 heteroatoms. The van der Waals surface area contributed by atoms with Crippen molar-refractivity contribution < 1.29 is 4.79 Å². The van der Waals surface area contributed by atoms with Gasteiger partial charge < -0.3 is 4.90 Å². The summed E-state index contributed by atoms with van der Waals surface area (Å²) in [5.41, 5.74) is 3.70. The minimum atomic E-state index is -0.196. The highest BCUT2D eigenvalue weighted by Gasteiger charge is 2.40. The van der Waals surface area contributed by atoms with Gasteiger partial charge in [0.05, 0.1) is 17.4 Å². The van der Waals surface area contributed by atoms with Crippen molar-refractivity contribution >= 4 is 23.4 Å². The van der Waals surface area contributed by atoms with Crippen molar-refractivity contribution in [3.8, 4) is 11.3 Å². The maximum absolute atomic E-state index is 13.1. The van der Waals surface area contributed by atoms with E-state index >= 15 is 0 Å². The van der Waals surface area contributed by atoms with E-state index in [-0.39, 0.29) is 12.1 Å². The second-order valence-electron chi connectivity index (χ2n) is 7.13. The van der Waals surface area contributed by atoms with E-state index in [4.69, 9.17) is 4.98 Å². The lowest BCUT2D eigenvalue weighted by atomic mass is 10.1. The van der Waals surface area contributed by atoms with Crippen LogP contribution in [0.4, 0.5) is 22.1 Å². The Morgan fingerprint density at radius 3 is 2.86 bits per heavy atom. The van der Waals surface area contributed by atoms with Crippen LogP contribution in [0.3, 0.4) is 0 Å². The molecule has 5 heterocycles. The van der Waals surface area contributed by atoms with Crippen molar-refractivity contribution in [3.05, 3.63) is 60.6 Å². The van der Waals surface area contributed by atoms with Crippen LogP contribution in [0.5, 0.6) is 0 Å². The molecule has 3 aromatic heterocycles. The maximum Gasteiger partial charge on any atom is 0.329 e. The van der Waals surface area contributed by atoms with Crippen molar-refractivity contribution in [1.29, 1.82) is 0 Å². The number of nitrogens with zero attached hydrogens (tertiary/aromatic N) is 5. The Morgan fingerprint density at radius 2 is 2.07 bits per heavy atom. The number of aromatic nitrogens is 3. The molecule has 0 aromatic carbocycles. The monoisotopic (exact) mass is 372 g/mol. The highest BCUT2D eigenvalue weighted by molar-refractivity contribution is 6.04. The third-order valence-electron chi connectivity index (χ3n) is 5.28. The number of carbonyl (C=O) groups is 1. The van der Waals surface area contributed by atoms with Gasteiger partial charge in [-0.3, -0.25) is 15.2 Å². The molecular weight excluding hydrogens is 352 g/mol. The van der Waals surface area contributed by atoms with Crippen molar-refractivity contribution in [2.24, 2.45) is 0 Å². The molecule has 1 N–H and O–H groups in total. The topological polar surface area (TPSA) is 74.2 Å². The molecule has 1 fully saturated rings. The van der Waals surface area contributed by atoms with E-state index in [1.54, 1.807) is 17.2 Å². The first-order valence-corrected chi connectivity index (χ1v) is 9.39. The number of hydrogen-bond donors (Lipinski definition) is 1. The molecule has 5 rings (SSSR count). The van der Waals surface area contributed by atoms with Crippen LogP contribution in [0.25, 0.3) is 11.3 Å². The SMILES string of the molecule is Cc1ccc(-c2ccc3c(n2)N(C(=O)Nc2ccccn2)[C@H]2CCN3C2)cn1. The molecule has 2 aliphatic rings. The van der Waals surface area contributed by atoms with Gasteiger partial charge in [0.15, 0.2) is 5.82 Å². The van der Waals surface area contributed by atoms with Gasteiger partial charge in [-0.25, -0.2) is 14.8 Å². The van der Waals surface area contributed by atoms with E-state index < -0.39 is 0 Å². The van der Waals surface area contributed by atoms with Crippen LogP contribution >= 0.6 is 0 Å². The number of carbonyl (C=O) groups excluding carboxylic acids is 1. The normalized spacial score (nSPS) is 17.4. The summed E-state index contributed by atoms with van der Waals surface area (Å²) in [6.07, 6.45) is 4.41. The quantitative estimate of drug-likeness (QED) is 0.745. The Hall–Kier alpha value is -3.48.